The van der Waals surface area contributed by atoms with Crippen molar-refractivity contribution in [3.8, 4) is 5.75 Å². The topological polar surface area (TPSA) is 39.1 Å². The molecule has 0 aliphatic carbocycles. The van der Waals surface area contributed by atoms with E-state index >= 15 is 0 Å². The number of anilines is 1. The van der Waals surface area contributed by atoms with Gasteiger partial charge in [-0.3, -0.25) is 4.84 Å². The molecule has 0 aliphatic rings. The van der Waals surface area contributed by atoms with Crippen LogP contribution >= 0.6 is 11.8 Å². The van der Waals surface area contributed by atoms with E-state index < -0.39 is 0 Å². The molecule has 0 saturated carbocycles. The van der Waals surface area contributed by atoms with Crippen molar-refractivity contribution < 1.29 is 4.74 Å². The van der Waals surface area contributed by atoms with Gasteiger partial charge < -0.3 is 4.74 Å². The normalized spacial score (nSPS) is 10.1. The fourth-order valence-corrected chi connectivity index (χ4v) is 1.60. The highest BCUT2D eigenvalue weighted by atomic mass is 35.5. The number of benzene rings is 1. The van der Waals surface area contributed by atoms with Crippen LogP contribution in [0.5, 0.6) is 5.75 Å². The van der Waals surface area contributed by atoms with Crippen LogP contribution in [0, 0.1) is 0 Å². The number of rotatable bonds is 4. The van der Waals surface area contributed by atoms with Crippen LogP contribution in [-0.4, -0.2) is 16.9 Å². The first-order valence-electron chi connectivity index (χ1n) is 4.85. The summed E-state index contributed by atoms with van der Waals surface area (Å²) in [7, 11) is 1.65. The molecule has 0 bridgehead atoms. The van der Waals surface area contributed by atoms with Gasteiger partial charge in [0, 0.05) is 17.8 Å². The molecule has 2 aromatic rings. The lowest BCUT2D eigenvalue weighted by Crippen LogP contribution is -2.03. The van der Waals surface area contributed by atoms with Crippen LogP contribution in [-0.2, 0) is 6.54 Å². The minimum Gasteiger partial charge on any atom is -0.497 e. The standard InChI is InChI=1S/C11H12ClN3O/c1-16-10-4-2-9(3-5-10)8-15-11(14-12)6-7-13-15/h2-7,14H,8H2,1H3. The van der Waals surface area contributed by atoms with Crippen LogP contribution in [0.25, 0.3) is 0 Å². The van der Waals surface area contributed by atoms with Crippen LogP contribution in [0.15, 0.2) is 36.5 Å². The largest absolute Gasteiger partial charge is 0.497 e. The molecule has 1 aromatic heterocycles. The number of nitrogens with zero attached hydrogens (tertiary/aromatic N) is 2. The molecule has 0 aliphatic heterocycles. The van der Waals surface area contributed by atoms with E-state index in [1.54, 1.807) is 18.0 Å². The van der Waals surface area contributed by atoms with Crippen LogP contribution < -0.4 is 9.57 Å². The van der Waals surface area contributed by atoms with Gasteiger partial charge in [-0.25, -0.2) is 4.68 Å². The van der Waals surface area contributed by atoms with E-state index in [1.807, 2.05) is 30.3 Å². The van der Waals surface area contributed by atoms with E-state index in [2.05, 4.69) is 9.93 Å². The first kappa shape index (κ1) is 10.8. The summed E-state index contributed by atoms with van der Waals surface area (Å²) in [5.41, 5.74) is 1.14. The Balaban J connectivity index is 2.14. The summed E-state index contributed by atoms with van der Waals surface area (Å²) < 4.78 is 6.88. The average molecular weight is 238 g/mol. The van der Waals surface area contributed by atoms with Gasteiger partial charge in [-0.2, -0.15) is 5.10 Å². The van der Waals surface area contributed by atoms with Gasteiger partial charge in [-0.05, 0) is 17.7 Å². The fourth-order valence-electron chi connectivity index (χ4n) is 1.44. The molecule has 5 heteroatoms. The third kappa shape index (κ3) is 2.28. The van der Waals surface area contributed by atoms with Crippen molar-refractivity contribution in [2.24, 2.45) is 0 Å². The van der Waals surface area contributed by atoms with Gasteiger partial charge in [0.15, 0.2) is 0 Å². The zero-order chi connectivity index (χ0) is 11.4. The Morgan fingerprint density at radius 3 is 2.69 bits per heavy atom. The molecule has 0 radical (unpaired) electrons. The smallest absolute Gasteiger partial charge is 0.139 e. The molecule has 0 atom stereocenters. The van der Waals surface area contributed by atoms with Crippen LogP contribution in [0.1, 0.15) is 5.56 Å². The van der Waals surface area contributed by atoms with Crippen molar-refractivity contribution in [2.45, 2.75) is 6.54 Å². The molecule has 0 amide bonds. The predicted molar refractivity (Wildman–Crippen MR) is 63.8 cm³/mol. The summed E-state index contributed by atoms with van der Waals surface area (Å²) in [6.07, 6.45) is 1.70. The Bertz CT molecular complexity index is 453. The SMILES string of the molecule is COc1ccc(Cn2nccc2NCl)cc1. The molecule has 0 saturated heterocycles. The summed E-state index contributed by atoms with van der Waals surface area (Å²) in [6, 6.07) is 9.66. The fraction of sp³-hybridized carbons (Fsp3) is 0.182. The van der Waals surface area contributed by atoms with Crippen LogP contribution in [0.2, 0.25) is 0 Å². The van der Waals surface area contributed by atoms with Gasteiger partial charge >= 0.3 is 0 Å². The Labute approximate surface area is 98.9 Å². The molecule has 0 spiro atoms. The maximum atomic E-state index is 5.56. The van der Waals surface area contributed by atoms with Crippen molar-refractivity contribution in [1.29, 1.82) is 0 Å². The van der Waals surface area contributed by atoms with Crippen LogP contribution in [0.4, 0.5) is 5.82 Å². The van der Waals surface area contributed by atoms with Gasteiger partial charge in [0.2, 0.25) is 0 Å². The molecule has 16 heavy (non-hydrogen) atoms. The van der Waals surface area contributed by atoms with Crippen molar-refractivity contribution in [3.63, 3.8) is 0 Å². The number of nitrogens with one attached hydrogen (secondary N) is 1. The number of hydrogen-bond donors (Lipinski definition) is 1. The Hall–Kier alpha value is -1.68. The van der Waals surface area contributed by atoms with E-state index in [-0.39, 0.29) is 0 Å². The monoisotopic (exact) mass is 237 g/mol. The minimum atomic E-state index is 0.673. The second-order valence-corrected chi connectivity index (χ2v) is 3.51. The van der Waals surface area contributed by atoms with Gasteiger partial charge in [0.05, 0.1) is 19.9 Å². The third-order valence-corrected chi connectivity index (χ3v) is 2.50. The lowest BCUT2D eigenvalue weighted by molar-refractivity contribution is 0.414. The highest BCUT2D eigenvalue weighted by Crippen LogP contribution is 2.14. The van der Waals surface area contributed by atoms with Crippen molar-refractivity contribution in [3.05, 3.63) is 42.1 Å². The van der Waals surface area contributed by atoms with Crippen LogP contribution in [0.3, 0.4) is 0 Å². The second-order valence-electron chi connectivity index (χ2n) is 3.32. The molecule has 2 rings (SSSR count). The number of hydrogen-bond acceptors (Lipinski definition) is 3. The number of ether oxygens (including phenoxy) is 1. The van der Waals surface area contributed by atoms with Gasteiger partial charge in [0.1, 0.15) is 11.6 Å². The maximum absolute atomic E-state index is 5.56. The quantitative estimate of drug-likeness (QED) is 0.831. The van der Waals surface area contributed by atoms with E-state index in [9.17, 15) is 0 Å². The van der Waals surface area contributed by atoms with Crippen molar-refractivity contribution in [1.82, 2.24) is 9.78 Å². The second kappa shape index (κ2) is 4.90. The average Bonchev–Trinajstić information content (AvgIpc) is 2.77. The van der Waals surface area contributed by atoms with Gasteiger partial charge in [0.25, 0.3) is 0 Å². The van der Waals surface area contributed by atoms with Crippen molar-refractivity contribution >= 4 is 17.6 Å². The predicted octanol–water partition coefficient (Wildman–Crippen LogP) is 2.51. The molecule has 0 unspecified atom stereocenters. The summed E-state index contributed by atoms with van der Waals surface area (Å²) in [4.78, 5) is 2.57. The number of methoxy groups -OCH3 is 1. The minimum absolute atomic E-state index is 0.673. The zero-order valence-electron chi connectivity index (χ0n) is 8.85. The Morgan fingerprint density at radius 1 is 1.31 bits per heavy atom. The first-order valence-corrected chi connectivity index (χ1v) is 5.22. The molecule has 1 heterocycles. The lowest BCUT2D eigenvalue weighted by atomic mass is 10.2. The molecule has 84 valence electrons. The first-order chi connectivity index (χ1) is 7.83. The molecule has 0 fully saturated rings. The summed E-state index contributed by atoms with van der Waals surface area (Å²) in [6.45, 7) is 0.673. The maximum Gasteiger partial charge on any atom is 0.139 e. The van der Waals surface area contributed by atoms with Gasteiger partial charge in [-0.1, -0.05) is 12.1 Å². The van der Waals surface area contributed by atoms with E-state index in [0.717, 1.165) is 17.1 Å². The summed E-state index contributed by atoms with van der Waals surface area (Å²) >= 11 is 5.56. The zero-order valence-corrected chi connectivity index (χ0v) is 9.61. The number of halogens is 1. The van der Waals surface area contributed by atoms with E-state index in [0.29, 0.717) is 6.54 Å². The number of aromatic nitrogens is 2. The van der Waals surface area contributed by atoms with Gasteiger partial charge in [-0.15, -0.1) is 0 Å². The van der Waals surface area contributed by atoms with Crippen molar-refractivity contribution in [2.75, 3.05) is 11.9 Å². The molecule has 1 aromatic carbocycles. The Kier molecular flexibility index (Phi) is 3.31. The van der Waals surface area contributed by atoms with E-state index in [4.69, 9.17) is 16.5 Å². The molecule has 4 nitrogen and oxygen atoms in total. The third-order valence-electron chi connectivity index (χ3n) is 2.30. The van der Waals surface area contributed by atoms with E-state index in [1.165, 1.54) is 0 Å². The highest BCUT2D eigenvalue weighted by Gasteiger charge is 2.01. The highest BCUT2D eigenvalue weighted by molar-refractivity contribution is 6.23. The molecular formula is C11H12ClN3O. The Morgan fingerprint density at radius 2 is 2.06 bits per heavy atom. The molecular weight excluding hydrogens is 226 g/mol. The summed E-state index contributed by atoms with van der Waals surface area (Å²) in [5.74, 6) is 1.62. The summed E-state index contributed by atoms with van der Waals surface area (Å²) in [5, 5.41) is 4.16. The molecule has 1 N–H and O–H groups in total. The lowest BCUT2D eigenvalue weighted by Gasteiger charge is -2.06.